The highest BCUT2D eigenvalue weighted by molar-refractivity contribution is 5.85. The van der Waals surface area contributed by atoms with Gasteiger partial charge in [-0.3, -0.25) is 4.79 Å². The molecule has 2 aliphatic rings. The second kappa shape index (κ2) is 3.99. The van der Waals surface area contributed by atoms with Crippen molar-refractivity contribution in [1.82, 2.24) is 0 Å². The van der Waals surface area contributed by atoms with Crippen molar-refractivity contribution in [3.63, 3.8) is 0 Å². The largest absolute Gasteiger partial charge is 0.468 e. The van der Waals surface area contributed by atoms with E-state index in [1.54, 1.807) is 0 Å². The van der Waals surface area contributed by atoms with Crippen molar-refractivity contribution in [2.24, 2.45) is 0 Å². The summed E-state index contributed by atoms with van der Waals surface area (Å²) in [6, 6.07) is 6.26. The normalized spacial score (nSPS) is 20.2. The van der Waals surface area contributed by atoms with Gasteiger partial charge in [-0.25, -0.2) is 0 Å². The molecule has 0 bridgehead atoms. The molecule has 0 amide bonds. The highest BCUT2D eigenvalue weighted by atomic mass is 16.5. The number of ether oxygens (including phenoxy) is 2. The fourth-order valence-corrected chi connectivity index (χ4v) is 2.77. The molecule has 0 atom stereocenters. The molecular formula is C14H17NO3. The highest BCUT2D eigenvalue weighted by Gasteiger charge is 2.49. The monoisotopic (exact) mass is 247 g/mol. The molecule has 0 spiro atoms. The van der Waals surface area contributed by atoms with E-state index in [9.17, 15) is 4.79 Å². The molecule has 18 heavy (non-hydrogen) atoms. The summed E-state index contributed by atoms with van der Waals surface area (Å²) in [5, 5.41) is 0. The zero-order chi connectivity index (χ0) is 12.8. The minimum atomic E-state index is -0.578. The Morgan fingerprint density at radius 3 is 2.83 bits per heavy atom. The number of methoxy groups -OCH3 is 1. The standard InChI is InChI=1S/C14H17NO3/c1-15-6-5-10-7-11(3-4-12(10)15)14(8-18-9-14)13(16)17-2/h3-4,7H,5-6,8-9H2,1-2H3. The average Bonchev–Trinajstić information content (AvgIpc) is 2.69. The Balaban J connectivity index is 2.00. The van der Waals surface area contributed by atoms with Crippen LogP contribution in [-0.2, 0) is 26.1 Å². The zero-order valence-electron chi connectivity index (χ0n) is 10.7. The number of fused-ring (bicyclic) bond motifs is 1. The van der Waals surface area contributed by atoms with Gasteiger partial charge in [0.25, 0.3) is 0 Å². The van der Waals surface area contributed by atoms with Crippen molar-refractivity contribution < 1.29 is 14.3 Å². The minimum absolute atomic E-state index is 0.194. The van der Waals surface area contributed by atoms with Crippen LogP contribution in [0.2, 0.25) is 0 Å². The van der Waals surface area contributed by atoms with Crippen molar-refractivity contribution in [1.29, 1.82) is 0 Å². The quantitative estimate of drug-likeness (QED) is 0.734. The summed E-state index contributed by atoms with van der Waals surface area (Å²) in [6.07, 6.45) is 1.04. The Bertz CT molecular complexity index is 494. The van der Waals surface area contributed by atoms with E-state index < -0.39 is 5.41 Å². The van der Waals surface area contributed by atoms with Crippen LogP contribution in [0.5, 0.6) is 0 Å². The molecule has 1 saturated heterocycles. The van der Waals surface area contributed by atoms with E-state index in [-0.39, 0.29) is 5.97 Å². The molecule has 0 aromatic heterocycles. The maximum Gasteiger partial charge on any atom is 0.321 e. The van der Waals surface area contributed by atoms with Gasteiger partial charge in [0.05, 0.1) is 20.3 Å². The molecule has 3 rings (SSSR count). The van der Waals surface area contributed by atoms with Gasteiger partial charge >= 0.3 is 5.97 Å². The molecule has 0 N–H and O–H groups in total. The number of carbonyl (C=O) groups excluding carboxylic acids is 1. The Morgan fingerprint density at radius 1 is 1.44 bits per heavy atom. The highest BCUT2D eigenvalue weighted by Crippen LogP contribution is 2.37. The summed E-state index contributed by atoms with van der Waals surface area (Å²) in [4.78, 5) is 14.2. The first-order chi connectivity index (χ1) is 8.67. The molecule has 1 aromatic carbocycles. The molecule has 0 unspecified atom stereocenters. The number of carbonyl (C=O) groups is 1. The maximum absolute atomic E-state index is 12.0. The Kier molecular flexibility index (Phi) is 2.55. The van der Waals surface area contributed by atoms with E-state index in [1.165, 1.54) is 18.4 Å². The second-order valence-corrected chi connectivity index (χ2v) is 5.08. The molecule has 0 aliphatic carbocycles. The predicted octanol–water partition coefficient (Wildman–Crippen LogP) is 1.12. The third kappa shape index (κ3) is 1.45. The Hall–Kier alpha value is -1.55. The fourth-order valence-electron chi connectivity index (χ4n) is 2.77. The van der Waals surface area contributed by atoms with Crippen molar-refractivity contribution in [2.75, 3.05) is 38.8 Å². The number of hydrogen-bond acceptors (Lipinski definition) is 4. The minimum Gasteiger partial charge on any atom is -0.468 e. The van der Waals surface area contributed by atoms with Gasteiger partial charge in [-0.15, -0.1) is 0 Å². The lowest BCUT2D eigenvalue weighted by Crippen LogP contribution is -2.53. The van der Waals surface area contributed by atoms with E-state index in [0.29, 0.717) is 13.2 Å². The number of rotatable bonds is 2. The molecule has 0 radical (unpaired) electrons. The number of benzene rings is 1. The first-order valence-electron chi connectivity index (χ1n) is 6.18. The summed E-state index contributed by atoms with van der Waals surface area (Å²) < 4.78 is 10.2. The molecule has 96 valence electrons. The van der Waals surface area contributed by atoms with Crippen LogP contribution in [0, 0.1) is 0 Å². The molecule has 2 heterocycles. The lowest BCUT2D eigenvalue weighted by Gasteiger charge is -2.39. The van der Waals surface area contributed by atoms with Crippen LogP contribution >= 0.6 is 0 Å². The number of likely N-dealkylation sites (N-methyl/N-ethyl adjacent to an activating group) is 1. The molecule has 0 saturated carbocycles. The Labute approximate surface area is 106 Å². The van der Waals surface area contributed by atoms with Gasteiger partial charge in [-0.1, -0.05) is 12.1 Å². The molecule has 1 fully saturated rings. The summed E-state index contributed by atoms with van der Waals surface area (Å²) in [5.74, 6) is -0.194. The predicted molar refractivity (Wildman–Crippen MR) is 67.9 cm³/mol. The first kappa shape index (κ1) is 11.5. The molecular weight excluding hydrogens is 230 g/mol. The number of nitrogens with zero attached hydrogens (tertiary/aromatic N) is 1. The second-order valence-electron chi connectivity index (χ2n) is 5.08. The van der Waals surface area contributed by atoms with E-state index in [4.69, 9.17) is 9.47 Å². The van der Waals surface area contributed by atoms with Crippen LogP contribution in [-0.4, -0.2) is 39.9 Å². The summed E-state index contributed by atoms with van der Waals surface area (Å²) in [6.45, 7) is 1.89. The van der Waals surface area contributed by atoms with E-state index in [2.05, 4.69) is 24.1 Å². The lowest BCUT2D eigenvalue weighted by molar-refractivity contribution is -0.166. The number of anilines is 1. The summed E-state index contributed by atoms with van der Waals surface area (Å²) in [7, 11) is 3.53. The smallest absolute Gasteiger partial charge is 0.321 e. The lowest BCUT2D eigenvalue weighted by atomic mass is 9.78. The first-order valence-corrected chi connectivity index (χ1v) is 6.18. The van der Waals surface area contributed by atoms with Gasteiger partial charge in [0, 0.05) is 19.3 Å². The van der Waals surface area contributed by atoms with Crippen molar-refractivity contribution in [3.8, 4) is 0 Å². The van der Waals surface area contributed by atoms with Gasteiger partial charge in [0.1, 0.15) is 5.41 Å². The van der Waals surface area contributed by atoms with Crippen LogP contribution in [0.4, 0.5) is 5.69 Å². The summed E-state index contributed by atoms with van der Waals surface area (Å²) >= 11 is 0. The average molecular weight is 247 g/mol. The van der Waals surface area contributed by atoms with Crippen molar-refractivity contribution in [2.45, 2.75) is 11.8 Å². The van der Waals surface area contributed by atoms with Gasteiger partial charge in [0.15, 0.2) is 0 Å². The van der Waals surface area contributed by atoms with E-state index >= 15 is 0 Å². The zero-order valence-corrected chi connectivity index (χ0v) is 10.7. The van der Waals surface area contributed by atoms with E-state index in [0.717, 1.165) is 18.5 Å². The fraction of sp³-hybridized carbons (Fsp3) is 0.500. The summed E-state index contributed by atoms with van der Waals surface area (Å²) in [5.41, 5.74) is 3.02. The molecule has 4 heteroatoms. The van der Waals surface area contributed by atoms with E-state index in [1.807, 2.05) is 6.07 Å². The maximum atomic E-state index is 12.0. The Morgan fingerprint density at radius 2 is 2.22 bits per heavy atom. The van der Waals surface area contributed by atoms with Gasteiger partial charge in [0.2, 0.25) is 0 Å². The van der Waals surface area contributed by atoms with Gasteiger partial charge in [-0.2, -0.15) is 0 Å². The number of hydrogen-bond donors (Lipinski definition) is 0. The van der Waals surface area contributed by atoms with Crippen molar-refractivity contribution in [3.05, 3.63) is 29.3 Å². The third-order valence-electron chi connectivity index (χ3n) is 4.03. The molecule has 4 nitrogen and oxygen atoms in total. The SMILES string of the molecule is COC(=O)C1(c2ccc3c(c2)CCN3C)COC1. The van der Waals surface area contributed by atoms with Crippen LogP contribution in [0.1, 0.15) is 11.1 Å². The topological polar surface area (TPSA) is 38.8 Å². The third-order valence-corrected chi connectivity index (χ3v) is 4.03. The van der Waals surface area contributed by atoms with Crippen LogP contribution in [0.3, 0.4) is 0 Å². The van der Waals surface area contributed by atoms with Crippen LogP contribution in [0.25, 0.3) is 0 Å². The molecule has 1 aromatic rings. The van der Waals surface area contributed by atoms with Crippen LogP contribution < -0.4 is 4.90 Å². The number of esters is 1. The van der Waals surface area contributed by atoms with Crippen molar-refractivity contribution >= 4 is 11.7 Å². The van der Waals surface area contributed by atoms with Crippen LogP contribution in [0.15, 0.2) is 18.2 Å². The van der Waals surface area contributed by atoms with Gasteiger partial charge < -0.3 is 14.4 Å². The molecule has 2 aliphatic heterocycles. The van der Waals surface area contributed by atoms with Gasteiger partial charge in [-0.05, 0) is 23.6 Å².